The number of thiazole rings is 1. The van der Waals surface area contributed by atoms with Crippen molar-refractivity contribution in [3.63, 3.8) is 0 Å². The van der Waals surface area contributed by atoms with Crippen molar-refractivity contribution in [3.8, 4) is 22.4 Å². The zero-order valence-electron chi connectivity index (χ0n) is 18.7. The first-order chi connectivity index (χ1) is 17.5. The average molecular weight is 512 g/mol. The molecule has 3 aromatic carbocycles. The highest BCUT2D eigenvalue weighted by molar-refractivity contribution is 7.13. The van der Waals surface area contributed by atoms with Gasteiger partial charge in [-0.3, -0.25) is 4.79 Å². The van der Waals surface area contributed by atoms with Crippen molar-refractivity contribution in [2.75, 3.05) is 0 Å². The van der Waals surface area contributed by atoms with Crippen LogP contribution in [-0.2, 0) is 6.54 Å². The summed E-state index contributed by atoms with van der Waals surface area (Å²) in [6, 6.07) is 21.4. The van der Waals surface area contributed by atoms with Gasteiger partial charge in [-0.2, -0.15) is 10.4 Å². The Kier molecular flexibility index (Phi) is 6.50. The SMILES string of the molecule is N#Cc1cc(C(=O)N/N=C/c2cccc3c2ccn3Cc2csc(-c3ccc(Cl)cc3)n2)ccc1O. The van der Waals surface area contributed by atoms with Crippen LogP contribution in [0.15, 0.2) is 83.4 Å². The highest BCUT2D eigenvalue weighted by Gasteiger charge is 2.10. The molecule has 7 nitrogen and oxygen atoms in total. The van der Waals surface area contributed by atoms with Crippen LogP contribution < -0.4 is 5.43 Å². The molecule has 5 rings (SSSR count). The minimum Gasteiger partial charge on any atom is -0.507 e. The van der Waals surface area contributed by atoms with Gasteiger partial charge < -0.3 is 9.67 Å². The number of hydrazone groups is 1. The number of nitrogens with one attached hydrogen (secondary N) is 1. The third kappa shape index (κ3) is 4.84. The quantitative estimate of drug-likeness (QED) is 0.222. The van der Waals surface area contributed by atoms with Crippen LogP contribution in [0.25, 0.3) is 21.5 Å². The molecule has 0 bridgehead atoms. The molecule has 0 aliphatic rings. The number of aromatic nitrogens is 2. The Hall–Kier alpha value is -4.45. The van der Waals surface area contributed by atoms with Gasteiger partial charge in [-0.25, -0.2) is 10.4 Å². The first kappa shape index (κ1) is 23.3. The summed E-state index contributed by atoms with van der Waals surface area (Å²) in [6.07, 6.45) is 3.58. The molecule has 0 aliphatic heterocycles. The fourth-order valence-corrected chi connectivity index (χ4v) is 4.71. The van der Waals surface area contributed by atoms with E-state index in [0.717, 1.165) is 32.7 Å². The minimum atomic E-state index is -0.479. The molecule has 2 N–H and O–H groups in total. The van der Waals surface area contributed by atoms with Crippen molar-refractivity contribution >= 4 is 46.0 Å². The van der Waals surface area contributed by atoms with Crippen molar-refractivity contribution in [1.82, 2.24) is 15.0 Å². The van der Waals surface area contributed by atoms with Crippen molar-refractivity contribution in [2.45, 2.75) is 6.54 Å². The molecule has 0 aliphatic carbocycles. The molecule has 2 heterocycles. The summed E-state index contributed by atoms with van der Waals surface area (Å²) in [4.78, 5) is 17.1. The van der Waals surface area contributed by atoms with Crippen LogP contribution in [0.5, 0.6) is 5.75 Å². The number of hydrogen-bond acceptors (Lipinski definition) is 6. The highest BCUT2D eigenvalue weighted by Crippen LogP contribution is 2.27. The number of nitrogens with zero attached hydrogens (tertiary/aromatic N) is 4. The first-order valence-corrected chi connectivity index (χ1v) is 12.1. The average Bonchev–Trinajstić information content (AvgIpc) is 3.53. The number of hydrogen-bond donors (Lipinski definition) is 2. The van der Waals surface area contributed by atoms with E-state index in [0.29, 0.717) is 11.6 Å². The predicted molar refractivity (Wildman–Crippen MR) is 141 cm³/mol. The van der Waals surface area contributed by atoms with E-state index in [4.69, 9.17) is 21.8 Å². The summed E-state index contributed by atoms with van der Waals surface area (Å²) in [7, 11) is 0. The molecular formula is C27H18ClN5O2S. The van der Waals surface area contributed by atoms with Crippen LogP contribution in [0.4, 0.5) is 0 Å². The Morgan fingerprint density at radius 3 is 2.83 bits per heavy atom. The Labute approximate surface area is 215 Å². The molecule has 1 amide bonds. The van der Waals surface area contributed by atoms with Gasteiger partial charge in [0, 0.05) is 44.2 Å². The number of halogens is 1. The monoisotopic (exact) mass is 511 g/mol. The maximum atomic E-state index is 12.4. The van der Waals surface area contributed by atoms with Gasteiger partial charge in [-0.05, 0) is 42.5 Å². The van der Waals surface area contributed by atoms with Gasteiger partial charge in [-0.15, -0.1) is 11.3 Å². The van der Waals surface area contributed by atoms with Crippen LogP contribution in [0, 0.1) is 11.3 Å². The molecule has 36 heavy (non-hydrogen) atoms. The second-order valence-electron chi connectivity index (χ2n) is 7.92. The number of carbonyl (C=O) groups is 1. The summed E-state index contributed by atoms with van der Waals surface area (Å²) >= 11 is 7.58. The van der Waals surface area contributed by atoms with Gasteiger partial charge in [-0.1, -0.05) is 35.9 Å². The first-order valence-electron chi connectivity index (χ1n) is 10.9. The Morgan fingerprint density at radius 1 is 1.19 bits per heavy atom. The second kappa shape index (κ2) is 10.0. The molecule has 0 saturated heterocycles. The number of phenols is 1. The van der Waals surface area contributed by atoms with Crippen LogP contribution in [0.3, 0.4) is 0 Å². The number of phenolic OH excluding ortho intramolecular Hbond substituents is 1. The fraction of sp³-hybridized carbons (Fsp3) is 0.0370. The van der Waals surface area contributed by atoms with Crippen LogP contribution in [-0.4, -0.2) is 26.8 Å². The highest BCUT2D eigenvalue weighted by atomic mass is 35.5. The van der Waals surface area contributed by atoms with E-state index >= 15 is 0 Å². The maximum absolute atomic E-state index is 12.4. The molecule has 0 fully saturated rings. The number of rotatable bonds is 6. The van der Waals surface area contributed by atoms with Crippen molar-refractivity contribution in [2.24, 2.45) is 5.10 Å². The summed E-state index contributed by atoms with van der Waals surface area (Å²) in [6.45, 7) is 0.618. The van der Waals surface area contributed by atoms with Gasteiger partial charge in [0.1, 0.15) is 16.8 Å². The maximum Gasteiger partial charge on any atom is 0.271 e. The third-order valence-electron chi connectivity index (χ3n) is 5.57. The molecule has 0 atom stereocenters. The van der Waals surface area contributed by atoms with Crippen LogP contribution in [0.2, 0.25) is 5.02 Å². The Morgan fingerprint density at radius 2 is 2.03 bits per heavy atom. The van der Waals surface area contributed by atoms with E-state index in [1.807, 2.05) is 60.8 Å². The summed E-state index contributed by atoms with van der Waals surface area (Å²) in [5.74, 6) is -0.653. The molecule has 5 aromatic rings. The number of amides is 1. The second-order valence-corrected chi connectivity index (χ2v) is 9.21. The lowest BCUT2D eigenvalue weighted by atomic mass is 10.1. The van der Waals surface area contributed by atoms with E-state index in [-0.39, 0.29) is 16.9 Å². The van der Waals surface area contributed by atoms with Gasteiger partial charge in [0.05, 0.1) is 24.0 Å². The van der Waals surface area contributed by atoms with E-state index in [1.54, 1.807) is 17.6 Å². The zero-order valence-corrected chi connectivity index (χ0v) is 20.3. The van der Waals surface area contributed by atoms with Gasteiger partial charge in [0.25, 0.3) is 5.91 Å². The number of fused-ring (bicyclic) bond motifs is 1. The largest absolute Gasteiger partial charge is 0.507 e. The summed E-state index contributed by atoms with van der Waals surface area (Å²) in [5.41, 5.74) is 6.57. The molecule has 0 unspecified atom stereocenters. The number of carbonyl (C=O) groups excluding carboxylic acids is 1. The fourth-order valence-electron chi connectivity index (χ4n) is 3.77. The van der Waals surface area contributed by atoms with E-state index in [1.165, 1.54) is 18.2 Å². The number of nitriles is 1. The van der Waals surface area contributed by atoms with Crippen molar-refractivity contribution in [1.29, 1.82) is 5.26 Å². The Bertz CT molecular complexity index is 1650. The van der Waals surface area contributed by atoms with Gasteiger partial charge in [0.15, 0.2) is 0 Å². The summed E-state index contributed by atoms with van der Waals surface area (Å²) < 4.78 is 2.12. The lowest BCUT2D eigenvalue weighted by Crippen LogP contribution is -2.17. The van der Waals surface area contributed by atoms with Crippen molar-refractivity contribution in [3.05, 3.63) is 106 Å². The van der Waals surface area contributed by atoms with Crippen molar-refractivity contribution < 1.29 is 9.90 Å². The molecule has 9 heteroatoms. The molecular weight excluding hydrogens is 494 g/mol. The predicted octanol–water partition coefficient (Wildman–Crippen LogP) is 5.81. The number of benzene rings is 3. The molecule has 2 aromatic heterocycles. The Balaban J connectivity index is 1.31. The third-order valence-corrected chi connectivity index (χ3v) is 6.76. The normalized spacial score (nSPS) is 11.1. The van der Waals surface area contributed by atoms with E-state index < -0.39 is 5.91 Å². The molecule has 0 saturated carbocycles. The molecule has 0 spiro atoms. The van der Waals surface area contributed by atoms with Gasteiger partial charge in [0.2, 0.25) is 0 Å². The zero-order chi connectivity index (χ0) is 25.1. The van der Waals surface area contributed by atoms with E-state index in [2.05, 4.69) is 20.5 Å². The molecule has 0 radical (unpaired) electrons. The van der Waals surface area contributed by atoms with Gasteiger partial charge >= 0.3 is 0 Å². The lowest BCUT2D eigenvalue weighted by Gasteiger charge is -2.04. The minimum absolute atomic E-state index is 0.0261. The standard InChI is InChI=1S/C27H18ClN5O2S/c28-21-7-4-17(5-8-21)27-31-22(16-36-27)15-33-11-10-23-19(2-1-3-24(23)33)14-30-32-26(35)18-6-9-25(34)20(12-18)13-29/h1-12,14,16,34H,15H2,(H,32,35)/b30-14+. The topological polar surface area (TPSA) is 103 Å². The number of aromatic hydroxyl groups is 1. The van der Waals surface area contributed by atoms with Crippen LogP contribution in [0.1, 0.15) is 27.2 Å². The van der Waals surface area contributed by atoms with Crippen LogP contribution >= 0.6 is 22.9 Å². The molecule has 176 valence electrons. The lowest BCUT2D eigenvalue weighted by molar-refractivity contribution is 0.0955. The summed E-state index contributed by atoms with van der Waals surface area (Å²) in [5, 5.41) is 27.4. The smallest absolute Gasteiger partial charge is 0.271 e. The van der Waals surface area contributed by atoms with E-state index in [9.17, 15) is 9.90 Å².